The van der Waals surface area contributed by atoms with Crippen LogP contribution in [0.25, 0.3) is 11.0 Å². The standard InChI is InChI=1S/C16H13N3O4/c20-16(11-2-1-3-12(8-11)19(21)22)10-23-13-4-5-14-15(9-13)18-7-6-17-14/h1-9,16,20H,10H2. The van der Waals surface area contributed by atoms with E-state index in [2.05, 4.69) is 9.97 Å². The zero-order valence-corrected chi connectivity index (χ0v) is 12.0. The first-order chi connectivity index (χ1) is 11.1. The summed E-state index contributed by atoms with van der Waals surface area (Å²) >= 11 is 0. The molecule has 7 heteroatoms. The Kier molecular flexibility index (Phi) is 4.11. The lowest BCUT2D eigenvalue weighted by Crippen LogP contribution is -2.10. The van der Waals surface area contributed by atoms with Gasteiger partial charge in [0, 0.05) is 30.6 Å². The number of rotatable bonds is 5. The molecule has 2 aromatic carbocycles. The van der Waals surface area contributed by atoms with Gasteiger partial charge in [-0.2, -0.15) is 0 Å². The van der Waals surface area contributed by atoms with Crippen LogP contribution in [0.15, 0.2) is 54.9 Å². The molecule has 0 spiro atoms. The Morgan fingerprint density at radius 3 is 2.70 bits per heavy atom. The Balaban J connectivity index is 1.71. The monoisotopic (exact) mass is 311 g/mol. The topological polar surface area (TPSA) is 98.4 Å². The van der Waals surface area contributed by atoms with Crippen molar-refractivity contribution < 1.29 is 14.8 Å². The quantitative estimate of drug-likeness (QED) is 0.574. The number of aliphatic hydroxyl groups excluding tert-OH is 1. The van der Waals surface area contributed by atoms with E-state index in [-0.39, 0.29) is 12.3 Å². The maximum absolute atomic E-state index is 10.8. The van der Waals surface area contributed by atoms with Crippen molar-refractivity contribution in [2.24, 2.45) is 0 Å². The van der Waals surface area contributed by atoms with Crippen LogP contribution in [0.2, 0.25) is 0 Å². The van der Waals surface area contributed by atoms with E-state index in [0.29, 0.717) is 16.8 Å². The summed E-state index contributed by atoms with van der Waals surface area (Å²) in [6, 6.07) is 11.1. The van der Waals surface area contributed by atoms with Crippen LogP contribution in [-0.4, -0.2) is 26.6 Å². The van der Waals surface area contributed by atoms with Crippen LogP contribution in [0.4, 0.5) is 5.69 Å². The van der Waals surface area contributed by atoms with E-state index < -0.39 is 11.0 Å². The molecule has 116 valence electrons. The van der Waals surface area contributed by atoms with Gasteiger partial charge in [0.15, 0.2) is 0 Å². The van der Waals surface area contributed by atoms with Gasteiger partial charge in [-0.15, -0.1) is 0 Å². The van der Waals surface area contributed by atoms with E-state index in [4.69, 9.17) is 4.74 Å². The Labute approximate surface area is 131 Å². The maximum atomic E-state index is 10.8. The lowest BCUT2D eigenvalue weighted by Gasteiger charge is -2.12. The highest BCUT2D eigenvalue weighted by molar-refractivity contribution is 5.75. The number of aromatic nitrogens is 2. The van der Waals surface area contributed by atoms with Gasteiger partial charge in [0.25, 0.3) is 5.69 Å². The molecule has 1 atom stereocenters. The summed E-state index contributed by atoms with van der Waals surface area (Å²) in [4.78, 5) is 18.6. The van der Waals surface area contributed by atoms with Crippen LogP contribution >= 0.6 is 0 Å². The van der Waals surface area contributed by atoms with Crippen molar-refractivity contribution >= 4 is 16.7 Å². The molecule has 3 aromatic rings. The van der Waals surface area contributed by atoms with Crippen LogP contribution < -0.4 is 4.74 Å². The number of ether oxygens (including phenoxy) is 1. The van der Waals surface area contributed by atoms with Crippen molar-refractivity contribution in [3.8, 4) is 5.75 Å². The van der Waals surface area contributed by atoms with E-state index in [1.807, 2.05) is 0 Å². The lowest BCUT2D eigenvalue weighted by atomic mass is 10.1. The summed E-state index contributed by atoms with van der Waals surface area (Å²) < 4.78 is 5.54. The number of hydrogen-bond acceptors (Lipinski definition) is 6. The highest BCUT2D eigenvalue weighted by Crippen LogP contribution is 2.22. The zero-order chi connectivity index (χ0) is 16.2. The van der Waals surface area contributed by atoms with E-state index in [1.165, 1.54) is 18.2 Å². The largest absolute Gasteiger partial charge is 0.490 e. The molecular weight excluding hydrogens is 298 g/mol. The number of nitro groups is 1. The predicted octanol–water partition coefficient (Wildman–Crippen LogP) is 2.65. The smallest absolute Gasteiger partial charge is 0.269 e. The SMILES string of the molecule is O=[N+]([O-])c1cccc(C(O)COc2ccc3nccnc3c2)c1. The molecule has 0 aliphatic carbocycles. The first-order valence-electron chi connectivity index (χ1n) is 6.89. The van der Waals surface area contributed by atoms with Gasteiger partial charge in [0.1, 0.15) is 18.5 Å². The van der Waals surface area contributed by atoms with E-state index in [1.54, 1.807) is 36.7 Å². The third-order valence-corrected chi connectivity index (χ3v) is 3.31. The minimum Gasteiger partial charge on any atom is -0.490 e. The van der Waals surface area contributed by atoms with E-state index in [9.17, 15) is 15.2 Å². The average Bonchev–Trinajstić information content (AvgIpc) is 2.59. The normalized spacial score (nSPS) is 12.0. The Hall–Kier alpha value is -3.06. The van der Waals surface area contributed by atoms with Crippen molar-refractivity contribution in [2.45, 2.75) is 6.10 Å². The molecule has 1 unspecified atom stereocenters. The second kappa shape index (κ2) is 6.37. The van der Waals surface area contributed by atoms with Crippen molar-refractivity contribution in [1.29, 1.82) is 0 Å². The van der Waals surface area contributed by atoms with Gasteiger partial charge in [0.2, 0.25) is 0 Å². The van der Waals surface area contributed by atoms with Crippen LogP contribution in [0.3, 0.4) is 0 Å². The summed E-state index contributed by atoms with van der Waals surface area (Å²) in [6.45, 7) is -0.0209. The van der Waals surface area contributed by atoms with Crippen molar-refractivity contribution in [3.63, 3.8) is 0 Å². The van der Waals surface area contributed by atoms with Gasteiger partial charge in [-0.25, -0.2) is 0 Å². The average molecular weight is 311 g/mol. The summed E-state index contributed by atoms with van der Waals surface area (Å²) in [6.07, 6.45) is 2.23. The molecular formula is C16H13N3O4. The highest BCUT2D eigenvalue weighted by atomic mass is 16.6. The molecule has 0 saturated carbocycles. The zero-order valence-electron chi connectivity index (χ0n) is 12.0. The van der Waals surface area contributed by atoms with E-state index >= 15 is 0 Å². The molecule has 0 radical (unpaired) electrons. The molecule has 0 amide bonds. The molecule has 1 aromatic heterocycles. The van der Waals surface area contributed by atoms with Crippen molar-refractivity contribution in [2.75, 3.05) is 6.61 Å². The fraction of sp³-hybridized carbons (Fsp3) is 0.125. The minimum absolute atomic E-state index is 0.0209. The first kappa shape index (κ1) is 14.9. The highest BCUT2D eigenvalue weighted by Gasteiger charge is 2.13. The number of fused-ring (bicyclic) bond motifs is 1. The molecule has 0 bridgehead atoms. The Bertz CT molecular complexity index is 853. The van der Waals surface area contributed by atoms with Crippen LogP contribution in [0, 0.1) is 10.1 Å². The van der Waals surface area contributed by atoms with Gasteiger partial charge < -0.3 is 9.84 Å². The van der Waals surface area contributed by atoms with Gasteiger partial charge >= 0.3 is 0 Å². The number of non-ortho nitro benzene ring substituents is 1. The van der Waals surface area contributed by atoms with Crippen molar-refractivity contribution in [1.82, 2.24) is 9.97 Å². The summed E-state index contributed by atoms with van der Waals surface area (Å²) in [5.74, 6) is 0.544. The van der Waals surface area contributed by atoms with Gasteiger partial charge in [-0.1, -0.05) is 12.1 Å². The first-order valence-corrected chi connectivity index (χ1v) is 6.89. The van der Waals surface area contributed by atoms with Gasteiger partial charge in [-0.05, 0) is 17.7 Å². The van der Waals surface area contributed by atoms with Crippen LogP contribution in [-0.2, 0) is 0 Å². The summed E-state index contributed by atoms with van der Waals surface area (Å²) in [7, 11) is 0. The van der Waals surface area contributed by atoms with Crippen LogP contribution in [0.5, 0.6) is 5.75 Å². The van der Waals surface area contributed by atoms with E-state index in [0.717, 1.165) is 5.52 Å². The minimum atomic E-state index is -0.965. The maximum Gasteiger partial charge on any atom is 0.269 e. The molecule has 3 rings (SSSR count). The molecule has 0 aliphatic rings. The number of benzene rings is 2. The number of nitro benzene ring substituents is 1. The Morgan fingerprint density at radius 2 is 1.91 bits per heavy atom. The number of nitrogens with zero attached hydrogens (tertiary/aromatic N) is 3. The molecule has 0 aliphatic heterocycles. The summed E-state index contributed by atoms with van der Waals surface area (Å²) in [5, 5.41) is 20.9. The van der Waals surface area contributed by atoms with Crippen LogP contribution in [0.1, 0.15) is 11.7 Å². The van der Waals surface area contributed by atoms with Gasteiger partial charge in [-0.3, -0.25) is 20.1 Å². The van der Waals surface area contributed by atoms with Gasteiger partial charge in [0.05, 0.1) is 16.0 Å². The number of aliphatic hydroxyl groups is 1. The molecule has 7 nitrogen and oxygen atoms in total. The molecule has 23 heavy (non-hydrogen) atoms. The predicted molar refractivity (Wildman–Crippen MR) is 83.1 cm³/mol. The number of hydrogen-bond donors (Lipinski definition) is 1. The summed E-state index contributed by atoms with van der Waals surface area (Å²) in [5.41, 5.74) is 1.80. The second-order valence-corrected chi connectivity index (χ2v) is 4.89. The fourth-order valence-corrected chi connectivity index (χ4v) is 2.15. The molecule has 1 heterocycles. The third kappa shape index (κ3) is 3.41. The lowest BCUT2D eigenvalue weighted by molar-refractivity contribution is -0.385. The van der Waals surface area contributed by atoms with Crippen molar-refractivity contribution in [3.05, 3.63) is 70.5 Å². The Morgan fingerprint density at radius 1 is 1.13 bits per heavy atom. The second-order valence-electron chi connectivity index (χ2n) is 4.89. The third-order valence-electron chi connectivity index (χ3n) is 3.31. The fourth-order valence-electron chi connectivity index (χ4n) is 2.15. The molecule has 0 saturated heterocycles. The molecule has 1 N–H and O–H groups in total. The molecule has 0 fully saturated rings.